The van der Waals surface area contributed by atoms with Crippen LogP contribution in [0.4, 0.5) is 4.39 Å². The number of nitrogens with zero attached hydrogens (tertiary/aromatic N) is 1. The van der Waals surface area contributed by atoms with Crippen molar-refractivity contribution in [3.8, 4) is 0 Å². The summed E-state index contributed by atoms with van der Waals surface area (Å²) in [6.45, 7) is 1.94. The quantitative estimate of drug-likeness (QED) is 0.488. The fourth-order valence-corrected chi connectivity index (χ4v) is 2.64. The first-order chi connectivity index (χ1) is 12.5. The van der Waals surface area contributed by atoms with Crippen molar-refractivity contribution in [1.29, 1.82) is 0 Å². The molecule has 0 aliphatic rings. The fourth-order valence-electron chi connectivity index (χ4n) is 2.64. The lowest BCUT2D eigenvalue weighted by atomic mass is 10.1. The van der Waals surface area contributed by atoms with Crippen molar-refractivity contribution < 1.29 is 18.7 Å². The minimum Gasteiger partial charge on any atom is -0.461 e. The summed E-state index contributed by atoms with van der Waals surface area (Å²) >= 11 is 0. The number of pyridine rings is 1. The van der Waals surface area contributed by atoms with Crippen LogP contribution in [0.15, 0.2) is 54.7 Å². The van der Waals surface area contributed by atoms with Crippen molar-refractivity contribution >= 4 is 22.7 Å². The van der Waals surface area contributed by atoms with Gasteiger partial charge in [0.05, 0.1) is 11.9 Å². The maximum atomic E-state index is 13.8. The third-order valence-corrected chi connectivity index (χ3v) is 4.12. The number of Topliss-reactive ketones (excluding diaryl/α,β-unsaturated/α-hetero) is 1. The number of ether oxygens (including phenoxy) is 1. The Morgan fingerprint density at radius 2 is 1.81 bits per heavy atom. The normalized spacial score (nSPS) is 10.7. The first-order valence-electron chi connectivity index (χ1n) is 8.32. The fraction of sp³-hybridized carbons (Fsp3) is 0.190. The number of carbonyl (C=O) groups excluding carboxylic acids is 2. The van der Waals surface area contributed by atoms with Gasteiger partial charge >= 0.3 is 5.97 Å². The highest BCUT2D eigenvalue weighted by molar-refractivity contribution is 5.97. The molecule has 0 spiro atoms. The molecule has 5 heteroatoms. The first kappa shape index (κ1) is 17.7. The van der Waals surface area contributed by atoms with Crippen molar-refractivity contribution in [1.82, 2.24) is 4.98 Å². The van der Waals surface area contributed by atoms with Crippen LogP contribution >= 0.6 is 0 Å². The Bertz CT molecular complexity index is 951. The molecule has 1 aromatic heterocycles. The zero-order valence-corrected chi connectivity index (χ0v) is 14.4. The van der Waals surface area contributed by atoms with Gasteiger partial charge in [-0.15, -0.1) is 0 Å². The lowest BCUT2D eigenvalue weighted by molar-refractivity contribution is -0.144. The molecule has 4 nitrogen and oxygen atoms in total. The van der Waals surface area contributed by atoms with Gasteiger partial charge in [0.2, 0.25) is 0 Å². The van der Waals surface area contributed by atoms with E-state index in [9.17, 15) is 14.0 Å². The van der Waals surface area contributed by atoms with Crippen LogP contribution in [0.5, 0.6) is 0 Å². The zero-order chi connectivity index (χ0) is 18.5. The van der Waals surface area contributed by atoms with Crippen molar-refractivity contribution in [3.63, 3.8) is 0 Å². The molecule has 0 amide bonds. The molecule has 1 heterocycles. The van der Waals surface area contributed by atoms with Gasteiger partial charge < -0.3 is 4.74 Å². The van der Waals surface area contributed by atoms with E-state index in [4.69, 9.17) is 4.74 Å². The van der Waals surface area contributed by atoms with E-state index in [0.29, 0.717) is 22.0 Å². The van der Waals surface area contributed by atoms with Crippen LogP contribution in [0.3, 0.4) is 0 Å². The summed E-state index contributed by atoms with van der Waals surface area (Å²) in [5, 5.41) is 0.385. The number of fused-ring (bicyclic) bond motifs is 1. The van der Waals surface area contributed by atoms with Gasteiger partial charge in [-0.05, 0) is 25.1 Å². The lowest BCUT2D eigenvalue weighted by Gasteiger charge is -2.08. The maximum Gasteiger partial charge on any atom is 0.306 e. The molecule has 0 aliphatic heterocycles. The van der Waals surface area contributed by atoms with Crippen LogP contribution < -0.4 is 0 Å². The van der Waals surface area contributed by atoms with E-state index >= 15 is 0 Å². The van der Waals surface area contributed by atoms with Crippen LogP contribution in [-0.2, 0) is 16.1 Å². The Morgan fingerprint density at radius 1 is 1.04 bits per heavy atom. The topological polar surface area (TPSA) is 56.3 Å². The van der Waals surface area contributed by atoms with E-state index in [-0.39, 0.29) is 31.0 Å². The monoisotopic (exact) mass is 351 g/mol. The van der Waals surface area contributed by atoms with Gasteiger partial charge in [-0.1, -0.05) is 35.9 Å². The van der Waals surface area contributed by atoms with E-state index in [0.717, 1.165) is 5.56 Å². The number of hydrogen-bond acceptors (Lipinski definition) is 4. The summed E-state index contributed by atoms with van der Waals surface area (Å²) in [7, 11) is 0. The van der Waals surface area contributed by atoms with Crippen molar-refractivity contribution in [3.05, 3.63) is 77.2 Å². The number of halogens is 1. The lowest BCUT2D eigenvalue weighted by Crippen LogP contribution is -2.08. The van der Waals surface area contributed by atoms with Crippen LogP contribution in [0.1, 0.15) is 34.3 Å². The molecule has 0 atom stereocenters. The molecule has 0 fully saturated rings. The van der Waals surface area contributed by atoms with Crippen molar-refractivity contribution in [2.45, 2.75) is 26.4 Å². The Kier molecular flexibility index (Phi) is 5.37. The highest BCUT2D eigenvalue weighted by Crippen LogP contribution is 2.20. The summed E-state index contributed by atoms with van der Waals surface area (Å²) < 4.78 is 19.0. The van der Waals surface area contributed by atoms with E-state index in [1.54, 1.807) is 36.5 Å². The molecule has 0 bridgehead atoms. The largest absolute Gasteiger partial charge is 0.461 e. The van der Waals surface area contributed by atoms with Crippen molar-refractivity contribution in [2.75, 3.05) is 0 Å². The third-order valence-electron chi connectivity index (χ3n) is 4.12. The van der Waals surface area contributed by atoms with Crippen LogP contribution in [0.2, 0.25) is 0 Å². The highest BCUT2D eigenvalue weighted by atomic mass is 19.1. The summed E-state index contributed by atoms with van der Waals surface area (Å²) in [4.78, 5) is 28.2. The number of carbonyl (C=O) groups is 2. The minimum atomic E-state index is -0.473. The number of hydrogen-bond donors (Lipinski definition) is 0. The Balaban J connectivity index is 1.57. The minimum absolute atomic E-state index is 0.000729. The highest BCUT2D eigenvalue weighted by Gasteiger charge is 2.12. The number of benzene rings is 2. The summed E-state index contributed by atoms with van der Waals surface area (Å²) in [5.41, 5.74) is 2.74. The Morgan fingerprint density at radius 3 is 2.58 bits per heavy atom. The molecular weight excluding hydrogens is 333 g/mol. The molecule has 0 saturated carbocycles. The predicted molar refractivity (Wildman–Crippen MR) is 96.2 cm³/mol. The van der Waals surface area contributed by atoms with Crippen molar-refractivity contribution in [2.24, 2.45) is 0 Å². The molecule has 3 aromatic rings. The van der Waals surface area contributed by atoms with Gasteiger partial charge in [-0.25, -0.2) is 4.39 Å². The Hall–Kier alpha value is -3.08. The van der Waals surface area contributed by atoms with Crippen LogP contribution in [0.25, 0.3) is 10.9 Å². The van der Waals surface area contributed by atoms with Gasteiger partial charge in [-0.3, -0.25) is 14.6 Å². The maximum absolute atomic E-state index is 13.8. The molecule has 132 valence electrons. The molecule has 26 heavy (non-hydrogen) atoms. The second-order valence-electron chi connectivity index (χ2n) is 6.06. The summed E-state index contributed by atoms with van der Waals surface area (Å²) in [6.07, 6.45) is 1.65. The Labute approximate surface area is 150 Å². The zero-order valence-electron chi connectivity index (χ0n) is 14.4. The van der Waals surface area contributed by atoms with Gasteiger partial charge in [0.25, 0.3) is 0 Å². The number of ketones is 1. The number of aromatic nitrogens is 1. The van der Waals surface area contributed by atoms with Gasteiger partial charge in [-0.2, -0.15) is 0 Å². The molecule has 0 saturated heterocycles. The molecule has 0 radical (unpaired) electrons. The number of rotatable bonds is 6. The third kappa shape index (κ3) is 4.11. The van der Waals surface area contributed by atoms with E-state index < -0.39 is 5.97 Å². The SMILES string of the molecule is Cc1ccc(C(=O)CCC(=O)OCc2ccc(F)c3cccnc23)cc1. The summed E-state index contributed by atoms with van der Waals surface area (Å²) in [5.74, 6) is -0.943. The van der Waals surface area contributed by atoms with Crippen LogP contribution in [0, 0.1) is 12.7 Å². The number of esters is 1. The van der Waals surface area contributed by atoms with Crippen LogP contribution in [-0.4, -0.2) is 16.7 Å². The second-order valence-corrected chi connectivity index (χ2v) is 6.06. The number of aryl methyl sites for hydroxylation is 1. The van der Waals surface area contributed by atoms with E-state index in [2.05, 4.69) is 4.98 Å². The smallest absolute Gasteiger partial charge is 0.306 e. The predicted octanol–water partition coefficient (Wildman–Crippen LogP) is 4.39. The molecule has 0 unspecified atom stereocenters. The standard InChI is InChI=1S/C21H18FNO3/c1-14-4-6-15(7-5-14)19(24)10-11-20(25)26-13-16-8-9-18(22)17-3-2-12-23-21(16)17/h2-9,12H,10-11,13H2,1H3. The molecular formula is C21H18FNO3. The molecule has 2 aromatic carbocycles. The molecule has 0 N–H and O–H groups in total. The molecule has 3 rings (SSSR count). The average Bonchev–Trinajstić information content (AvgIpc) is 2.66. The first-order valence-corrected chi connectivity index (χ1v) is 8.32. The van der Waals surface area contributed by atoms with E-state index in [1.165, 1.54) is 6.07 Å². The van der Waals surface area contributed by atoms with E-state index in [1.807, 2.05) is 19.1 Å². The summed E-state index contributed by atoms with van der Waals surface area (Å²) in [6, 6.07) is 13.4. The van der Waals surface area contributed by atoms with Gasteiger partial charge in [0.1, 0.15) is 12.4 Å². The van der Waals surface area contributed by atoms with Gasteiger partial charge in [0, 0.05) is 29.1 Å². The average molecular weight is 351 g/mol. The molecule has 0 aliphatic carbocycles. The van der Waals surface area contributed by atoms with Gasteiger partial charge in [0.15, 0.2) is 5.78 Å². The second kappa shape index (κ2) is 7.87.